The van der Waals surface area contributed by atoms with Crippen molar-refractivity contribution in [2.75, 3.05) is 6.26 Å². The summed E-state index contributed by atoms with van der Waals surface area (Å²) in [5.41, 5.74) is 1.83. The lowest BCUT2D eigenvalue weighted by atomic mass is 10.0. The first-order valence-electron chi connectivity index (χ1n) is 5.28. The summed E-state index contributed by atoms with van der Waals surface area (Å²) in [6, 6.07) is 15.7. The van der Waals surface area contributed by atoms with Crippen LogP contribution in [0.2, 0.25) is 0 Å². The van der Waals surface area contributed by atoms with Crippen molar-refractivity contribution in [3.8, 4) is 0 Å². The SMILES string of the molecule is CSc1cccc([C@@H](O)c2cccc(Br)c2)c1. The largest absolute Gasteiger partial charge is 0.384 e. The Hall–Kier alpha value is -0.770. The Labute approximate surface area is 114 Å². The van der Waals surface area contributed by atoms with Gasteiger partial charge in [0.25, 0.3) is 0 Å². The Morgan fingerprint density at radius 1 is 1.06 bits per heavy atom. The average molecular weight is 309 g/mol. The van der Waals surface area contributed by atoms with E-state index < -0.39 is 6.10 Å². The van der Waals surface area contributed by atoms with Crippen molar-refractivity contribution in [2.45, 2.75) is 11.0 Å². The molecule has 0 saturated carbocycles. The number of hydrogen-bond acceptors (Lipinski definition) is 2. The number of aliphatic hydroxyl groups is 1. The van der Waals surface area contributed by atoms with Gasteiger partial charge in [-0.1, -0.05) is 40.2 Å². The molecule has 88 valence electrons. The summed E-state index contributed by atoms with van der Waals surface area (Å²) in [7, 11) is 0. The molecular formula is C14H13BrOS. The zero-order valence-corrected chi connectivity index (χ0v) is 11.8. The summed E-state index contributed by atoms with van der Waals surface area (Å²) >= 11 is 5.09. The van der Waals surface area contributed by atoms with E-state index in [4.69, 9.17) is 0 Å². The molecule has 17 heavy (non-hydrogen) atoms. The lowest BCUT2D eigenvalue weighted by Gasteiger charge is -2.12. The van der Waals surface area contributed by atoms with Crippen LogP contribution in [0.1, 0.15) is 17.2 Å². The molecule has 2 rings (SSSR count). The maximum absolute atomic E-state index is 10.3. The summed E-state index contributed by atoms with van der Waals surface area (Å²) in [6.45, 7) is 0. The van der Waals surface area contributed by atoms with Gasteiger partial charge >= 0.3 is 0 Å². The maximum Gasteiger partial charge on any atom is 0.104 e. The van der Waals surface area contributed by atoms with E-state index in [1.807, 2.05) is 54.8 Å². The van der Waals surface area contributed by atoms with E-state index in [1.54, 1.807) is 11.8 Å². The molecule has 0 heterocycles. The number of aliphatic hydroxyl groups excluding tert-OH is 1. The van der Waals surface area contributed by atoms with Gasteiger partial charge in [0.1, 0.15) is 6.10 Å². The third kappa shape index (κ3) is 3.12. The van der Waals surface area contributed by atoms with Crippen LogP contribution in [0.4, 0.5) is 0 Å². The lowest BCUT2D eigenvalue weighted by molar-refractivity contribution is 0.220. The smallest absolute Gasteiger partial charge is 0.104 e. The van der Waals surface area contributed by atoms with Crippen molar-refractivity contribution in [3.63, 3.8) is 0 Å². The van der Waals surface area contributed by atoms with Crippen LogP contribution in [0, 0.1) is 0 Å². The van der Waals surface area contributed by atoms with Gasteiger partial charge < -0.3 is 5.11 Å². The van der Waals surface area contributed by atoms with Crippen LogP contribution in [-0.2, 0) is 0 Å². The Morgan fingerprint density at radius 2 is 1.71 bits per heavy atom. The van der Waals surface area contributed by atoms with E-state index in [1.165, 1.54) is 0 Å². The third-order valence-corrected chi connectivity index (χ3v) is 3.79. The normalized spacial score (nSPS) is 12.4. The van der Waals surface area contributed by atoms with E-state index in [0.29, 0.717) is 0 Å². The molecule has 0 radical (unpaired) electrons. The van der Waals surface area contributed by atoms with Crippen LogP contribution < -0.4 is 0 Å². The van der Waals surface area contributed by atoms with Crippen molar-refractivity contribution in [1.29, 1.82) is 0 Å². The molecule has 0 spiro atoms. The third-order valence-electron chi connectivity index (χ3n) is 2.57. The molecule has 0 aromatic heterocycles. The van der Waals surface area contributed by atoms with Crippen molar-refractivity contribution in [3.05, 3.63) is 64.1 Å². The predicted molar refractivity (Wildman–Crippen MR) is 76.4 cm³/mol. The first-order chi connectivity index (χ1) is 8.20. The minimum absolute atomic E-state index is 0.570. The molecule has 0 bridgehead atoms. The topological polar surface area (TPSA) is 20.2 Å². The van der Waals surface area contributed by atoms with Gasteiger partial charge in [-0.15, -0.1) is 11.8 Å². The van der Waals surface area contributed by atoms with Crippen LogP contribution in [0.3, 0.4) is 0 Å². The molecule has 3 heteroatoms. The number of halogens is 1. The Bertz CT molecular complexity index is 513. The lowest BCUT2D eigenvalue weighted by Crippen LogP contribution is -1.99. The minimum atomic E-state index is -0.570. The summed E-state index contributed by atoms with van der Waals surface area (Å²) in [4.78, 5) is 1.16. The number of hydrogen-bond donors (Lipinski definition) is 1. The van der Waals surface area contributed by atoms with Crippen LogP contribution in [0.25, 0.3) is 0 Å². The number of benzene rings is 2. The zero-order valence-electron chi connectivity index (χ0n) is 9.43. The van der Waals surface area contributed by atoms with E-state index in [9.17, 15) is 5.11 Å². The van der Waals surface area contributed by atoms with Crippen molar-refractivity contribution in [1.82, 2.24) is 0 Å². The van der Waals surface area contributed by atoms with E-state index >= 15 is 0 Å². The Morgan fingerprint density at radius 3 is 2.35 bits per heavy atom. The molecule has 1 N–H and O–H groups in total. The molecule has 2 aromatic carbocycles. The van der Waals surface area contributed by atoms with E-state index in [0.717, 1.165) is 20.5 Å². The standard InChI is InChI=1S/C14H13BrOS/c1-17-13-7-3-5-11(9-13)14(16)10-4-2-6-12(15)8-10/h2-9,14,16H,1H3/t14-/m0/s1. The molecule has 0 aliphatic heterocycles. The Kier molecular flexibility index (Phi) is 4.26. The molecule has 0 amide bonds. The number of rotatable bonds is 3. The van der Waals surface area contributed by atoms with E-state index in [-0.39, 0.29) is 0 Å². The Balaban J connectivity index is 2.33. The molecule has 0 aliphatic carbocycles. The van der Waals surface area contributed by atoms with Gasteiger partial charge in [-0.3, -0.25) is 0 Å². The highest BCUT2D eigenvalue weighted by molar-refractivity contribution is 9.10. The molecule has 0 aliphatic rings. The predicted octanol–water partition coefficient (Wildman–Crippen LogP) is 4.25. The molecular weight excluding hydrogens is 296 g/mol. The van der Waals surface area contributed by atoms with E-state index in [2.05, 4.69) is 15.9 Å². The van der Waals surface area contributed by atoms with Crippen LogP contribution in [-0.4, -0.2) is 11.4 Å². The van der Waals surface area contributed by atoms with Gasteiger partial charge in [-0.25, -0.2) is 0 Å². The second kappa shape index (κ2) is 5.71. The second-order valence-corrected chi connectivity index (χ2v) is 5.53. The number of thioether (sulfide) groups is 1. The minimum Gasteiger partial charge on any atom is -0.384 e. The van der Waals surface area contributed by atoms with Gasteiger partial charge in [0.2, 0.25) is 0 Å². The first-order valence-corrected chi connectivity index (χ1v) is 7.30. The summed E-state index contributed by atoms with van der Waals surface area (Å²) in [5, 5.41) is 10.3. The van der Waals surface area contributed by atoms with Crippen LogP contribution in [0.5, 0.6) is 0 Å². The fourth-order valence-electron chi connectivity index (χ4n) is 1.68. The highest BCUT2D eigenvalue weighted by Crippen LogP contribution is 2.26. The quantitative estimate of drug-likeness (QED) is 0.855. The highest BCUT2D eigenvalue weighted by Gasteiger charge is 2.10. The van der Waals surface area contributed by atoms with Crippen molar-refractivity contribution in [2.24, 2.45) is 0 Å². The van der Waals surface area contributed by atoms with Crippen molar-refractivity contribution < 1.29 is 5.11 Å². The molecule has 0 unspecified atom stereocenters. The molecule has 0 fully saturated rings. The average Bonchev–Trinajstić information content (AvgIpc) is 2.38. The maximum atomic E-state index is 10.3. The molecule has 0 saturated heterocycles. The summed E-state index contributed by atoms with van der Waals surface area (Å²) in [5.74, 6) is 0. The van der Waals surface area contributed by atoms with Crippen molar-refractivity contribution >= 4 is 27.7 Å². The van der Waals surface area contributed by atoms with Crippen LogP contribution in [0.15, 0.2) is 57.9 Å². The fraction of sp³-hybridized carbons (Fsp3) is 0.143. The fourth-order valence-corrected chi connectivity index (χ4v) is 2.57. The molecule has 1 atom stereocenters. The van der Waals surface area contributed by atoms with Gasteiger partial charge in [0.15, 0.2) is 0 Å². The monoisotopic (exact) mass is 308 g/mol. The highest BCUT2D eigenvalue weighted by atomic mass is 79.9. The van der Waals surface area contributed by atoms with Gasteiger partial charge in [0, 0.05) is 9.37 Å². The van der Waals surface area contributed by atoms with Gasteiger partial charge in [-0.05, 0) is 41.6 Å². The van der Waals surface area contributed by atoms with Crippen LogP contribution >= 0.6 is 27.7 Å². The summed E-state index contributed by atoms with van der Waals surface area (Å²) in [6.07, 6.45) is 1.46. The summed E-state index contributed by atoms with van der Waals surface area (Å²) < 4.78 is 0.982. The van der Waals surface area contributed by atoms with Gasteiger partial charge in [0.05, 0.1) is 0 Å². The van der Waals surface area contributed by atoms with Gasteiger partial charge in [-0.2, -0.15) is 0 Å². The molecule has 2 aromatic rings. The second-order valence-electron chi connectivity index (χ2n) is 3.73. The molecule has 1 nitrogen and oxygen atoms in total. The first kappa shape index (κ1) is 12.7. The zero-order chi connectivity index (χ0) is 12.3.